The molecule has 0 aromatic heterocycles. The summed E-state index contributed by atoms with van der Waals surface area (Å²) in [5.41, 5.74) is 8.60. The first-order valence-corrected chi connectivity index (χ1v) is 11.8. The lowest BCUT2D eigenvalue weighted by molar-refractivity contribution is -0.142. The minimum absolute atomic E-state index is 0.00586. The molecule has 0 bridgehead atoms. The van der Waals surface area contributed by atoms with Crippen LogP contribution in [0.3, 0.4) is 0 Å². The molecule has 13 heteroatoms. The van der Waals surface area contributed by atoms with Gasteiger partial charge < -0.3 is 26.4 Å². The number of nitrogens with two attached hydrogens (primary N) is 1. The Morgan fingerprint density at radius 2 is 1.44 bits per heavy atom. The molecule has 13 nitrogen and oxygen atoms in total. The SMILES string of the molecule is C[C@H](NC(=O)OCc1ccccc1)C(=O)N[C@@H](C)C(=O)NN(CC(N)=O)C(=O)/C=C/C(=O)Nc1ccccc1. The Balaban J connectivity index is 1.87. The van der Waals surface area contributed by atoms with Crippen molar-refractivity contribution in [3.63, 3.8) is 0 Å². The van der Waals surface area contributed by atoms with Crippen LogP contribution in [0.5, 0.6) is 0 Å². The summed E-state index contributed by atoms with van der Waals surface area (Å²) in [5, 5.41) is 7.86. The predicted molar refractivity (Wildman–Crippen MR) is 140 cm³/mol. The quantitative estimate of drug-likeness (QED) is 0.201. The molecule has 0 fully saturated rings. The van der Waals surface area contributed by atoms with Crippen LogP contribution >= 0.6 is 0 Å². The fraction of sp³-hybridized carbons (Fsp3) is 0.231. The first-order valence-electron chi connectivity index (χ1n) is 11.8. The van der Waals surface area contributed by atoms with E-state index in [1.54, 1.807) is 54.6 Å². The molecule has 2 atom stereocenters. The molecule has 2 rings (SSSR count). The van der Waals surface area contributed by atoms with Gasteiger partial charge in [0, 0.05) is 17.8 Å². The third kappa shape index (κ3) is 11.2. The van der Waals surface area contributed by atoms with Gasteiger partial charge in [0.25, 0.3) is 11.8 Å². The van der Waals surface area contributed by atoms with Gasteiger partial charge in [0.15, 0.2) is 0 Å². The zero-order chi connectivity index (χ0) is 28.8. The molecule has 0 radical (unpaired) electrons. The minimum atomic E-state index is -1.18. The highest BCUT2D eigenvalue weighted by molar-refractivity contribution is 6.04. The Morgan fingerprint density at radius 1 is 0.846 bits per heavy atom. The first-order chi connectivity index (χ1) is 18.5. The van der Waals surface area contributed by atoms with E-state index in [9.17, 15) is 28.8 Å². The summed E-state index contributed by atoms with van der Waals surface area (Å²) in [4.78, 5) is 72.9. The van der Waals surface area contributed by atoms with Gasteiger partial charge in [0.2, 0.25) is 17.7 Å². The molecule has 0 spiro atoms. The zero-order valence-corrected chi connectivity index (χ0v) is 21.4. The van der Waals surface area contributed by atoms with Crippen molar-refractivity contribution in [3.05, 3.63) is 78.4 Å². The molecule has 0 heterocycles. The van der Waals surface area contributed by atoms with Gasteiger partial charge in [0.1, 0.15) is 25.2 Å². The Labute approximate surface area is 224 Å². The van der Waals surface area contributed by atoms with Crippen LogP contribution < -0.4 is 27.1 Å². The summed E-state index contributed by atoms with van der Waals surface area (Å²) in [6, 6.07) is 15.2. The van der Waals surface area contributed by atoms with Gasteiger partial charge in [-0.2, -0.15) is 0 Å². The normalized spacial score (nSPS) is 11.9. The highest BCUT2D eigenvalue weighted by atomic mass is 16.5. The van der Waals surface area contributed by atoms with Crippen molar-refractivity contribution in [1.82, 2.24) is 21.1 Å². The van der Waals surface area contributed by atoms with Gasteiger partial charge in [-0.25, -0.2) is 9.80 Å². The topological polar surface area (TPSA) is 189 Å². The number of benzene rings is 2. The van der Waals surface area contributed by atoms with E-state index in [1.807, 2.05) is 6.07 Å². The van der Waals surface area contributed by atoms with Gasteiger partial charge >= 0.3 is 6.09 Å². The molecular weight excluding hydrogens is 508 g/mol. The molecule has 0 aliphatic carbocycles. The molecule has 0 saturated carbocycles. The first kappa shape index (κ1) is 30.0. The number of nitrogens with one attached hydrogen (secondary N) is 4. The second-order valence-corrected chi connectivity index (χ2v) is 8.21. The summed E-state index contributed by atoms with van der Waals surface area (Å²) in [6.07, 6.45) is 0.933. The van der Waals surface area contributed by atoms with Crippen LogP contribution in [0.2, 0.25) is 0 Å². The Morgan fingerprint density at radius 3 is 2.05 bits per heavy atom. The molecular formula is C26H30N6O7. The van der Waals surface area contributed by atoms with Crippen molar-refractivity contribution < 1.29 is 33.5 Å². The lowest BCUT2D eigenvalue weighted by atomic mass is 10.2. The molecule has 2 aromatic rings. The Hall–Kier alpha value is -5.20. The fourth-order valence-corrected chi connectivity index (χ4v) is 2.91. The third-order valence-electron chi connectivity index (χ3n) is 4.94. The van der Waals surface area contributed by atoms with Crippen LogP contribution in [-0.4, -0.2) is 59.3 Å². The molecule has 206 valence electrons. The summed E-state index contributed by atoms with van der Waals surface area (Å²) >= 11 is 0. The minimum Gasteiger partial charge on any atom is -0.445 e. The smallest absolute Gasteiger partial charge is 0.408 e. The Kier molecular flexibility index (Phi) is 11.7. The van der Waals surface area contributed by atoms with Gasteiger partial charge in [-0.15, -0.1) is 0 Å². The van der Waals surface area contributed by atoms with E-state index in [2.05, 4.69) is 21.4 Å². The molecule has 0 aliphatic heterocycles. The number of rotatable bonds is 11. The highest BCUT2D eigenvalue weighted by Gasteiger charge is 2.24. The Bertz CT molecular complexity index is 1200. The maximum Gasteiger partial charge on any atom is 0.408 e. The van der Waals surface area contributed by atoms with Crippen LogP contribution in [0.4, 0.5) is 10.5 Å². The zero-order valence-electron chi connectivity index (χ0n) is 21.4. The van der Waals surface area contributed by atoms with E-state index in [4.69, 9.17) is 10.5 Å². The van der Waals surface area contributed by atoms with Crippen molar-refractivity contribution >= 4 is 41.3 Å². The van der Waals surface area contributed by atoms with Crippen molar-refractivity contribution in [3.8, 4) is 0 Å². The fourth-order valence-electron chi connectivity index (χ4n) is 2.91. The number of ether oxygens (including phenoxy) is 1. The van der Waals surface area contributed by atoms with Gasteiger partial charge in [-0.05, 0) is 31.5 Å². The third-order valence-corrected chi connectivity index (χ3v) is 4.94. The van der Waals surface area contributed by atoms with Crippen LogP contribution in [0.15, 0.2) is 72.8 Å². The number of carbonyl (C=O) groups excluding carboxylic acids is 6. The standard InChI is InChI=1S/C26H30N6O7/c1-17(29-26(38)39-16-19-9-5-3-6-10-19)24(36)28-18(2)25(37)31-32(15-21(27)33)23(35)14-13-22(34)30-20-11-7-4-8-12-20/h3-14,17-18H,15-16H2,1-2H3,(H2,27,33)(H,28,36)(H,29,38)(H,30,34)(H,31,37)/b14-13+/t17-,18-/m0/s1. The number of hydrogen-bond donors (Lipinski definition) is 5. The van der Waals surface area contributed by atoms with E-state index in [-0.39, 0.29) is 6.61 Å². The number of alkyl carbamates (subject to hydrolysis) is 1. The van der Waals surface area contributed by atoms with Crippen LogP contribution in [0.1, 0.15) is 19.4 Å². The van der Waals surface area contributed by atoms with Gasteiger partial charge in [-0.1, -0.05) is 48.5 Å². The molecule has 6 N–H and O–H groups in total. The lowest BCUT2D eigenvalue weighted by Crippen LogP contribution is -2.56. The second-order valence-electron chi connectivity index (χ2n) is 8.21. The van der Waals surface area contributed by atoms with E-state index >= 15 is 0 Å². The monoisotopic (exact) mass is 538 g/mol. The van der Waals surface area contributed by atoms with Crippen LogP contribution in [0, 0.1) is 0 Å². The maximum absolute atomic E-state index is 12.6. The largest absolute Gasteiger partial charge is 0.445 e. The second kappa shape index (κ2) is 15.1. The molecule has 0 saturated heterocycles. The molecule has 2 aromatic carbocycles. The van der Waals surface area contributed by atoms with Crippen molar-refractivity contribution in [1.29, 1.82) is 0 Å². The summed E-state index contributed by atoms with van der Waals surface area (Å²) < 4.78 is 5.06. The number of anilines is 1. The number of amides is 6. The van der Waals surface area contributed by atoms with Crippen LogP contribution in [0.25, 0.3) is 0 Å². The molecule has 39 heavy (non-hydrogen) atoms. The van der Waals surface area contributed by atoms with E-state index < -0.39 is 54.3 Å². The van der Waals surface area contributed by atoms with Crippen molar-refractivity contribution in [2.75, 3.05) is 11.9 Å². The van der Waals surface area contributed by atoms with Gasteiger partial charge in [-0.3, -0.25) is 29.4 Å². The average Bonchev–Trinajstić information content (AvgIpc) is 2.90. The summed E-state index contributed by atoms with van der Waals surface area (Å²) in [6.45, 7) is 2.02. The predicted octanol–water partition coefficient (Wildman–Crippen LogP) is 0.346. The van der Waals surface area contributed by atoms with E-state index in [1.165, 1.54) is 13.8 Å². The van der Waals surface area contributed by atoms with Crippen molar-refractivity contribution in [2.24, 2.45) is 5.73 Å². The maximum atomic E-state index is 12.6. The molecule has 6 amide bonds. The van der Waals surface area contributed by atoms with E-state index in [0.29, 0.717) is 10.7 Å². The average molecular weight is 539 g/mol. The van der Waals surface area contributed by atoms with E-state index in [0.717, 1.165) is 17.7 Å². The number of carbonyl (C=O) groups is 6. The molecule has 0 aliphatic rings. The number of nitrogens with zero attached hydrogens (tertiary/aromatic N) is 1. The number of hydrazine groups is 1. The summed E-state index contributed by atoms with van der Waals surface area (Å²) in [7, 11) is 0. The van der Waals surface area contributed by atoms with Crippen LogP contribution in [-0.2, 0) is 35.3 Å². The summed E-state index contributed by atoms with van der Waals surface area (Å²) in [5.74, 6) is -4.04. The highest BCUT2D eigenvalue weighted by Crippen LogP contribution is 2.05. The van der Waals surface area contributed by atoms with Crippen molar-refractivity contribution in [2.45, 2.75) is 32.5 Å². The van der Waals surface area contributed by atoms with Gasteiger partial charge in [0.05, 0.1) is 0 Å². The lowest BCUT2D eigenvalue weighted by Gasteiger charge is -2.24. The number of para-hydroxylation sites is 1. The molecule has 0 unspecified atom stereocenters. The number of hydrogen-bond acceptors (Lipinski definition) is 7. The number of primary amides is 1.